The van der Waals surface area contributed by atoms with Crippen molar-refractivity contribution in [3.63, 3.8) is 0 Å². The van der Waals surface area contributed by atoms with E-state index in [1.807, 2.05) is 0 Å². The zero-order chi connectivity index (χ0) is 15.1. The first-order valence-electron chi connectivity index (χ1n) is 5.38. The van der Waals surface area contributed by atoms with Crippen molar-refractivity contribution in [2.24, 2.45) is 7.05 Å². The normalized spacial score (nSPS) is 11.6. The van der Waals surface area contributed by atoms with Gasteiger partial charge in [0.15, 0.2) is 5.69 Å². The number of phenols is 1. The van der Waals surface area contributed by atoms with Gasteiger partial charge in [0, 0.05) is 12.6 Å². The van der Waals surface area contributed by atoms with E-state index in [-0.39, 0.29) is 17.0 Å². The number of aryl methyl sites for hydroxylation is 1. The molecule has 2 rings (SSSR count). The summed E-state index contributed by atoms with van der Waals surface area (Å²) in [6, 6.07) is 3.64. The number of hydrogen-bond donors (Lipinski definition) is 2. The Morgan fingerprint density at radius 1 is 1.30 bits per heavy atom. The minimum absolute atomic E-state index is 0.0699. The molecule has 0 aliphatic carbocycles. The van der Waals surface area contributed by atoms with Crippen LogP contribution in [-0.2, 0) is 13.2 Å². The molecular formula is C12H9F3N2O3. The predicted molar refractivity (Wildman–Crippen MR) is 62.3 cm³/mol. The molecule has 1 aromatic heterocycles. The quantitative estimate of drug-likeness (QED) is 0.889. The average Bonchev–Trinajstić information content (AvgIpc) is 2.70. The fourth-order valence-corrected chi connectivity index (χ4v) is 1.75. The van der Waals surface area contributed by atoms with E-state index >= 15 is 0 Å². The maximum atomic E-state index is 12.5. The van der Waals surface area contributed by atoms with Gasteiger partial charge in [0.2, 0.25) is 0 Å². The Morgan fingerprint density at radius 3 is 2.40 bits per heavy atom. The third-order valence-corrected chi connectivity index (χ3v) is 2.70. The fourth-order valence-electron chi connectivity index (χ4n) is 1.75. The van der Waals surface area contributed by atoms with Crippen LogP contribution in [0, 0.1) is 0 Å². The predicted octanol–water partition coefficient (Wildman–Crippen LogP) is 2.51. The summed E-state index contributed by atoms with van der Waals surface area (Å²) in [5.74, 6) is -1.86. The standard InChI is InChI=1S/C12H9F3N2O3/c1-17-9(5-8(16-17)11(19)20)7-3-2-6(4-10(7)18)12(13,14)15/h2-5,18H,1H3,(H,19,20). The molecule has 0 saturated carbocycles. The van der Waals surface area contributed by atoms with Gasteiger partial charge in [0.1, 0.15) is 5.75 Å². The van der Waals surface area contributed by atoms with Crippen molar-refractivity contribution >= 4 is 5.97 Å². The van der Waals surface area contributed by atoms with Crippen molar-refractivity contribution in [1.82, 2.24) is 9.78 Å². The molecule has 0 amide bonds. The molecule has 106 valence electrons. The van der Waals surface area contributed by atoms with Crippen LogP contribution in [0.15, 0.2) is 24.3 Å². The fraction of sp³-hybridized carbons (Fsp3) is 0.167. The topological polar surface area (TPSA) is 75.4 Å². The molecule has 0 saturated heterocycles. The van der Waals surface area contributed by atoms with Crippen LogP contribution in [0.2, 0.25) is 0 Å². The molecule has 0 radical (unpaired) electrons. The number of halogens is 3. The molecule has 2 aromatic rings. The zero-order valence-corrected chi connectivity index (χ0v) is 10.1. The van der Waals surface area contributed by atoms with Gasteiger partial charge < -0.3 is 10.2 Å². The van der Waals surface area contributed by atoms with Crippen molar-refractivity contribution in [1.29, 1.82) is 0 Å². The zero-order valence-electron chi connectivity index (χ0n) is 10.1. The first kappa shape index (κ1) is 13.9. The molecule has 1 heterocycles. The Bertz CT molecular complexity index is 677. The molecule has 0 atom stereocenters. The van der Waals surface area contributed by atoms with Gasteiger partial charge >= 0.3 is 12.1 Å². The maximum absolute atomic E-state index is 12.5. The van der Waals surface area contributed by atoms with E-state index in [2.05, 4.69) is 5.10 Å². The Labute approximate surface area is 110 Å². The van der Waals surface area contributed by atoms with E-state index < -0.39 is 23.5 Å². The Hall–Kier alpha value is -2.51. The van der Waals surface area contributed by atoms with Crippen molar-refractivity contribution in [3.05, 3.63) is 35.5 Å². The van der Waals surface area contributed by atoms with E-state index in [9.17, 15) is 23.1 Å². The van der Waals surface area contributed by atoms with Gasteiger partial charge in [-0.1, -0.05) is 0 Å². The van der Waals surface area contributed by atoms with E-state index in [1.54, 1.807) is 0 Å². The summed E-state index contributed by atoms with van der Waals surface area (Å²) in [4.78, 5) is 10.8. The summed E-state index contributed by atoms with van der Waals surface area (Å²) >= 11 is 0. The largest absolute Gasteiger partial charge is 0.507 e. The highest BCUT2D eigenvalue weighted by molar-refractivity contribution is 5.87. The third-order valence-electron chi connectivity index (χ3n) is 2.70. The number of carboxylic acids is 1. The molecule has 0 aliphatic heterocycles. The first-order chi connectivity index (χ1) is 9.20. The van der Waals surface area contributed by atoms with Crippen LogP contribution in [0.3, 0.4) is 0 Å². The van der Waals surface area contributed by atoms with E-state index in [0.717, 1.165) is 12.1 Å². The van der Waals surface area contributed by atoms with E-state index in [1.165, 1.54) is 17.8 Å². The second kappa shape index (κ2) is 4.55. The number of carboxylic acid groups (broad SMARTS) is 1. The van der Waals surface area contributed by atoms with Gasteiger partial charge in [0.05, 0.1) is 11.3 Å². The second-order valence-corrected chi connectivity index (χ2v) is 4.07. The van der Waals surface area contributed by atoms with Crippen LogP contribution in [-0.4, -0.2) is 26.0 Å². The Balaban J connectivity index is 2.51. The number of aromatic hydroxyl groups is 1. The number of nitrogens with zero attached hydrogens (tertiary/aromatic N) is 2. The van der Waals surface area contributed by atoms with Gasteiger partial charge in [0.25, 0.3) is 0 Å². The number of benzene rings is 1. The highest BCUT2D eigenvalue weighted by atomic mass is 19.4. The number of alkyl halides is 3. The lowest BCUT2D eigenvalue weighted by atomic mass is 10.1. The Morgan fingerprint density at radius 2 is 1.95 bits per heavy atom. The van der Waals surface area contributed by atoms with E-state index in [0.29, 0.717) is 6.07 Å². The molecular weight excluding hydrogens is 277 g/mol. The average molecular weight is 286 g/mol. The van der Waals surface area contributed by atoms with E-state index in [4.69, 9.17) is 5.11 Å². The van der Waals surface area contributed by atoms with Crippen LogP contribution in [0.5, 0.6) is 5.75 Å². The summed E-state index contributed by atoms with van der Waals surface area (Å²) in [5.41, 5.74) is -0.977. The van der Waals surface area contributed by atoms with Crippen molar-refractivity contribution < 1.29 is 28.2 Å². The monoisotopic (exact) mass is 286 g/mol. The number of phenolic OH excluding ortho intramolecular Hbond substituents is 1. The van der Waals surface area contributed by atoms with Gasteiger partial charge in [-0.2, -0.15) is 18.3 Å². The van der Waals surface area contributed by atoms with Crippen molar-refractivity contribution in [3.8, 4) is 17.0 Å². The highest BCUT2D eigenvalue weighted by Crippen LogP contribution is 2.36. The van der Waals surface area contributed by atoms with Crippen LogP contribution in [0.4, 0.5) is 13.2 Å². The molecule has 0 unspecified atom stereocenters. The van der Waals surface area contributed by atoms with Crippen molar-refractivity contribution in [2.75, 3.05) is 0 Å². The van der Waals surface area contributed by atoms with Gasteiger partial charge in [-0.25, -0.2) is 4.79 Å². The number of hydrogen-bond acceptors (Lipinski definition) is 3. The number of aromatic carboxylic acids is 1. The number of carbonyl (C=O) groups is 1. The summed E-state index contributed by atoms with van der Waals surface area (Å²) in [7, 11) is 1.43. The molecule has 2 N–H and O–H groups in total. The lowest BCUT2D eigenvalue weighted by Gasteiger charge is -2.10. The summed E-state index contributed by atoms with van der Waals surface area (Å²) in [6.45, 7) is 0. The summed E-state index contributed by atoms with van der Waals surface area (Å²) in [6.07, 6.45) is -4.56. The van der Waals surface area contributed by atoms with Gasteiger partial charge in [-0.3, -0.25) is 4.68 Å². The van der Waals surface area contributed by atoms with Gasteiger partial charge in [-0.15, -0.1) is 0 Å². The molecule has 0 aliphatic rings. The summed E-state index contributed by atoms with van der Waals surface area (Å²) in [5, 5.41) is 22.2. The van der Waals surface area contributed by atoms with Crippen LogP contribution >= 0.6 is 0 Å². The highest BCUT2D eigenvalue weighted by Gasteiger charge is 2.31. The van der Waals surface area contributed by atoms with Crippen LogP contribution < -0.4 is 0 Å². The molecule has 8 heteroatoms. The third kappa shape index (κ3) is 2.44. The van der Waals surface area contributed by atoms with Crippen molar-refractivity contribution in [2.45, 2.75) is 6.18 Å². The summed E-state index contributed by atoms with van der Waals surface area (Å²) < 4.78 is 38.6. The molecule has 0 spiro atoms. The molecule has 1 aromatic carbocycles. The lowest BCUT2D eigenvalue weighted by Crippen LogP contribution is -2.04. The SMILES string of the molecule is Cn1nc(C(=O)O)cc1-c1ccc(C(F)(F)F)cc1O. The first-order valence-corrected chi connectivity index (χ1v) is 5.38. The number of aromatic nitrogens is 2. The Kier molecular flexibility index (Phi) is 3.16. The molecule has 20 heavy (non-hydrogen) atoms. The maximum Gasteiger partial charge on any atom is 0.416 e. The second-order valence-electron chi connectivity index (χ2n) is 4.07. The minimum Gasteiger partial charge on any atom is -0.507 e. The lowest BCUT2D eigenvalue weighted by molar-refractivity contribution is -0.137. The number of rotatable bonds is 2. The van der Waals surface area contributed by atoms with Crippen LogP contribution in [0.1, 0.15) is 16.1 Å². The van der Waals surface area contributed by atoms with Crippen LogP contribution in [0.25, 0.3) is 11.3 Å². The molecule has 0 bridgehead atoms. The molecule has 5 nitrogen and oxygen atoms in total. The molecule has 0 fully saturated rings. The smallest absolute Gasteiger partial charge is 0.416 e. The van der Waals surface area contributed by atoms with Gasteiger partial charge in [-0.05, 0) is 24.3 Å². The minimum atomic E-state index is -4.56.